The lowest BCUT2D eigenvalue weighted by Crippen LogP contribution is -2.37. The maximum absolute atomic E-state index is 12.8. The van der Waals surface area contributed by atoms with Crippen LogP contribution in [-0.2, 0) is 4.74 Å². The molecule has 1 heterocycles. The Morgan fingerprint density at radius 1 is 1.23 bits per heavy atom. The van der Waals surface area contributed by atoms with E-state index in [1.807, 2.05) is 4.90 Å². The summed E-state index contributed by atoms with van der Waals surface area (Å²) in [6.07, 6.45) is 0. The first-order chi connectivity index (χ1) is 12.5. The van der Waals surface area contributed by atoms with Crippen molar-refractivity contribution < 1.29 is 19.2 Å². The lowest BCUT2D eigenvalue weighted by molar-refractivity contribution is -0.384. The van der Waals surface area contributed by atoms with E-state index in [-0.39, 0.29) is 11.3 Å². The highest BCUT2D eigenvalue weighted by molar-refractivity contribution is 6.30. The van der Waals surface area contributed by atoms with Gasteiger partial charge in [0.2, 0.25) is 0 Å². The maximum Gasteiger partial charge on any atom is 0.345 e. The van der Waals surface area contributed by atoms with Crippen molar-refractivity contribution in [2.75, 3.05) is 31.2 Å². The van der Waals surface area contributed by atoms with Gasteiger partial charge in [-0.25, -0.2) is 4.79 Å². The number of carbonyl (C=O) groups is 1. The van der Waals surface area contributed by atoms with Gasteiger partial charge in [-0.3, -0.25) is 10.1 Å². The number of rotatable bonds is 4. The van der Waals surface area contributed by atoms with Crippen molar-refractivity contribution in [3.05, 3.63) is 62.7 Å². The quantitative estimate of drug-likeness (QED) is 0.351. The Hall–Kier alpha value is -2.64. The van der Waals surface area contributed by atoms with Crippen LogP contribution in [0.2, 0.25) is 5.02 Å². The van der Waals surface area contributed by atoms with Crippen LogP contribution in [0.25, 0.3) is 0 Å². The third-order valence-corrected chi connectivity index (χ3v) is 4.34. The Kier molecular flexibility index (Phi) is 5.39. The molecule has 0 aromatic heterocycles. The minimum absolute atomic E-state index is 0.149. The molecule has 1 aliphatic rings. The molecule has 3 rings (SSSR count). The van der Waals surface area contributed by atoms with Crippen molar-refractivity contribution in [1.82, 2.24) is 0 Å². The zero-order chi connectivity index (χ0) is 18.7. The molecule has 0 N–H and O–H groups in total. The molecule has 0 amide bonds. The number of morpholine rings is 1. The van der Waals surface area contributed by atoms with Crippen LogP contribution >= 0.6 is 11.6 Å². The highest BCUT2D eigenvalue weighted by Gasteiger charge is 2.23. The molecule has 7 nitrogen and oxygen atoms in total. The van der Waals surface area contributed by atoms with E-state index in [9.17, 15) is 14.9 Å². The second-order valence-corrected chi connectivity index (χ2v) is 6.29. The van der Waals surface area contributed by atoms with Gasteiger partial charge >= 0.3 is 5.97 Å². The van der Waals surface area contributed by atoms with Crippen LogP contribution in [0.4, 0.5) is 11.4 Å². The average molecular weight is 377 g/mol. The molecule has 26 heavy (non-hydrogen) atoms. The number of non-ortho nitro benzene ring substituents is 1. The topological polar surface area (TPSA) is 81.9 Å². The molecular formula is C18H17ClN2O5. The first-order valence-corrected chi connectivity index (χ1v) is 8.43. The number of aryl methyl sites for hydroxylation is 1. The summed E-state index contributed by atoms with van der Waals surface area (Å²) in [6, 6.07) is 9.11. The monoisotopic (exact) mass is 376 g/mol. The van der Waals surface area contributed by atoms with Crippen molar-refractivity contribution in [2.45, 2.75) is 6.92 Å². The number of halogens is 1. The molecule has 0 aliphatic carbocycles. The van der Waals surface area contributed by atoms with Gasteiger partial charge in [0.05, 0.1) is 29.4 Å². The van der Waals surface area contributed by atoms with E-state index in [1.54, 1.807) is 31.2 Å². The third kappa shape index (κ3) is 3.95. The van der Waals surface area contributed by atoms with Gasteiger partial charge in [0.25, 0.3) is 5.69 Å². The molecule has 0 radical (unpaired) electrons. The van der Waals surface area contributed by atoms with Gasteiger partial charge in [0, 0.05) is 30.2 Å². The molecule has 0 saturated carbocycles. The molecule has 136 valence electrons. The summed E-state index contributed by atoms with van der Waals surface area (Å²) in [5.41, 5.74) is 1.27. The Bertz CT molecular complexity index is 849. The Labute approximate surface area is 155 Å². The molecule has 1 fully saturated rings. The molecule has 1 aliphatic heterocycles. The zero-order valence-electron chi connectivity index (χ0n) is 14.1. The second kappa shape index (κ2) is 7.72. The lowest BCUT2D eigenvalue weighted by atomic mass is 10.1. The molecule has 1 saturated heterocycles. The van der Waals surface area contributed by atoms with E-state index in [0.717, 1.165) is 0 Å². The van der Waals surface area contributed by atoms with E-state index in [1.165, 1.54) is 12.1 Å². The van der Waals surface area contributed by atoms with Crippen LogP contribution in [0.3, 0.4) is 0 Å². The highest BCUT2D eigenvalue weighted by Crippen LogP contribution is 2.29. The van der Waals surface area contributed by atoms with Gasteiger partial charge in [-0.2, -0.15) is 0 Å². The van der Waals surface area contributed by atoms with Crippen molar-refractivity contribution in [3.63, 3.8) is 0 Å². The molecule has 8 heteroatoms. The summed E-state index contributed by atoms with van der Waals surface area (Å²) in [5.74, 6) is -0.292. The van der Waals surface area contributed by atoms with Crippen molar-refractivity contribution in [1.29, 1.82) is 0 Å². The molecule has 2 aromatic carbocycles. The smallest absolute Gasteiger partial charge is 0.345 e. The number of carbonyl (C=O) groups excluding carboxylic acids is 1. The minimum Gasteiger partial charge on any atom is -0.423 e. The largest absolute Gasteiger partial charge is 0.423 e. The summed E-state index contributed by atoms with van der Waals surface area (Å²) in [5, 5.41) is 11.7. The standard InChI is InChI=1S/C18H17ClN2O5/c1-12-10-13(19)2-5-17(12)26-18(22)15-11-14(21(23)24)3-4-16(15)20-6-8-25-9-7-20/h2-5,10-11H,6-9H2,1H3. The van der Waals surface area contributed by atoms with Crippen LogP contribution in [0.1, 0.15) is 15.9 Å². The third-order valence-electron chi connectivity index (χ3n) is 4.10. The van der Waals surface area contributed by atoms with Gasteiger partial charge in [0.15, 0.2) is 0 Å². The lowest BCUT2D eigenvalue weighted by Gasteiger charge is -2.30. The van der Waals surface area contributed by atoms with Gasteiger partial charge in [-0.1, -0.05) is 11.6 Å². The van der Waals surface area contributed by atoms with Crippen molar-refractivity contribution >= 4 is 28.9 Å². The fourth-order valence-corrected chi connectivity index (χ4v) is 2.99. The zero-order valence-corrected chi connectivity index (χ0v) is 14.9. The highest BCUT2D eigenvalue weighted by atomic mass is 35.5. The second-order valence-electron chi connectivity index (χ2n) is 5.86. The van der Waals surface area contributed by atoms with Gasteiger partial charge in [-0.15, -0.1) is 0 Å². The van der Waals surface area contributed by atoms with Crippen LogP contribution in [0, 0.1) is 17.0 Å². The Morgan fingerprint density at radius 3 is 2.62 bits per heavy atom. The number of nitrogens with zero attached hydrogens (tertiary/aromatic N) is 2. The number of nitro groups is 1. The maximum atomic E-state index is 12.8. The number of nitro benzene ring substituents is 1. The van der Waals surface area contributed by atoms with Crippen molar-refractivity contribution in [2.24, 2.45) is 0 Å². The number of benzene rings is 2. The number of anilines is 1. The first-order valence-electron chi connectivity index (χ1n) is 8.05. The Balaban J connectivity index is 1.95. The van der Waals surface area contributed by atoms with Crippen LogP contribution < -0.4 is 9.64 Å². The fraction of sp³-hybridized carbons (Fsp3) is 0.278. The summed E-state index contributed by atoms with van der Waals surface area (Å²) >= 11 is 5.92. The SMILES string of the molecule is Cc1cc(Cl)ccc1OC(=O)c1cc([N+](=O)[O-])ccc1N1CCOCC1. The number of ether oxygens (including phenoxy) is 2. The fourth-order valence-electron chi connectivity index (χ4n) is 2.76. The average Bonchev–Trinajstić information content (AvgIpc) is 2.64. The molecule has 0 bridgehead atoms. The molecule has 2 aromatic rings. The molecule has 0 atom stereocenters. The summed E-state index contributed by atoms with van der Waals surface area (Å²) in [4.78, 5) is 25.3. The van der Waals surface area contributed by atoms with Crippen LogP contribution in [0.5, 0.6) is 5.75 Å². The van der Waals surface area contributed by atoms with E-state index >= 15 is 0 Å². The predicted octanol–water partition coefficient (Wildman–Crippen LogP) is 3.61. The summed E-state index contributed by atoms with van der Waals surface area (Å²) in [7, 11) is 0. The van der Waals surface area contributed by atoms with Crippen LogP contribution in [-0.4, -0.2) is 37.2 Å². The minimum atomic E-state index is -0.652. The molecule has 0 unspecified atom stereocenters. The number of esters is 1. The van der Waals surface area contributed by atoms with Gasteiger partial charge in [-0.05, 0) is 36.8 Å². The van der Waals surface area contributed by atoms with E-state index in [4.69, 9.17) is 21.1 Å². The molecular weight excluding hydrogens is 360 g/mol. The summed E-state index contributed by atoms with van der Waals surface area (Å²) < 4.78 is 10.8. The first kappa shape index (κ1) is 18.2. The van der Waals surface area contributed by atoms with E-state index in [0.29, 0.717) is 48.3 Å². The molecule has 0 spiro atoms. The normalized spacial score (nSPS) is 14.2. The summed E-state index contributed by atoms with van der Waals surface area (Å²) in [6.45, 7) is 4.02. The number of hydrogen-bond acceptors (Lipinski definition) is 6. The van der Waals surface area contributed by atoms with E-state index < -0.39 is 10.9 Å². The van der Waals surface area contributed by atoms with Crippen molar-refractivity contribution in [3.8, 4) is 5.75 Å². The predicted molar refractivity (Wildman–Crippen MR) is 97.3 cm³/mol. The Morgan fingerprint density at radius 2 is 1.96 bits per heavy atom. The van der Waals surface area contributed by atoms with E-state index in [2.05, 4.69) is 0 Å². The number of hydrogen-bond donors (Lipinski definition) is 0. The van der Waals surface area contributed by atoms with Crippen LogP contribution in [0.15, 0.2) is 36.4 Å². The van der Waals surface area contributed by atoms with Gasteiger partial charge < -0.3 is 14.4 Å². The van der Waals surface area contributed by atoms with Gasteiger partial charge in [0.1, 0.15) is 5.75 Å².